The zero-order valence-corrected chi connectivity index (χ0v) is 15.3. The normalized spacial score (nSPS) is 19.0. The van der Waals surface area contributed by atoms with Crippen LogP contribution in [0.1, 0.15) is 19.8 Å². The van der Waals surface area contributed by atoms with Crippen LogP contribution >= 0.6 is 0 Å². The van der Waals surface area contributed by atoms with Crippen molar-refractivity contribution in [1.82, 2.24) is 19.4 Å². The molecule has 7 nitrogen and oxygen atoms in total. The van der Waals surface area contributed by atoms with Gasteiger partial charge in [-0.1, -0.05) is 31.2 Å². The molecule has 7 heteroatoms. The molecule has 27 heavy (non-hydrogen) atoms. The second kappa shape index (κ2) is 6.83. The first-order valence-corrected chi connectivity index (χ1v) is 8.98. The molecule has 4 rings (SSSR count). The summed E-state index contributed by atoms with van der Waals surface area (Å²) >= 11 is 0. The standard InChI is InChI=1S/C20H21N5O2/c1-13-3-5-14(6-4-13)15-7-8-17(22-15)23-18(26)11-25-12-21-16-9-10-24(2)20(27)19(16)25/h3,5-7,9-10,12-13H,4,8,11H2,1-2H3,(H,22,23,26). The fraction of sp³-hybridized carbons (Fsp3) is 0.300. The molecule has 0 spiro atoms. The van der Waals surface area contributed by atoms with E-state index in [1.165, 1.54) is 10.9 Å². The predicted octanol–water partition coefficient (Wildman–Crippen LogP) is 2.06. The Morgan fingerprint density at radius 3 is 3.00 bits per heavy atom. The van der Waals surface area contributed by atoms with Crippen molar-refractivity contribution in [2.45, 2.75) is 26.3 Å². The van der Waals surface area contributed by atoms with E-state index in [0.29, 0.717) is 29.2 Å². The number of carbonyl (C=O) groups is 1. The fourth-order valence-corrected chi connectivity index (χ4v) is 3.25. The molecule has 1 aliphatic heterocycles. The van der Waals surface area contributed by atoms with Gasteiger partial charge in [0.1, 0.15) is 17.9 Å². The van der Waals surface area contributed by atoms with Gasteiger partial charge < -0.3 is 14.5 Å². The zero-order chi connectivity index (χ0) is 19.0. The number of rotatable bonds is 3. The van der Waals surface area contributed by atoms with Gasteiger partial charge in [0.05, 0.1) is 17.5 Å². The molecule has 1 atom stereocenters. The summed E-state index contributed by atoms with van der Waals surface area (Å²) in [5.41, 5.74) is 2.83. The molecule has 138 valence electrons. The molecular weight excluding hydrogens is 342 g/mol. The first kappa shape index (κ1) is 17.2. The molecule has 1 amide bonds. The molecule has 3 heterocycles. The number of carbonyl (C=O) groups excluding carboxylic acids is 1. The van der Waals surface area contributed by atoms with Gasteiger partial charge >= 0.3 is 0 Å². The number of fused-ring (bicyclic) bond motifs is 1. The molecule has 0 radical (unpaired) electrons. The molecule has 0 saturated heterocycles. The van der Waals surface area contributed by atoms with Crippen molar-refractivity contribution in [1.29, 1.82) is 0 Å². The number of imidazole rings is 1. The van der Waals surface area contributed by atoms with Crippen molar-refractivity contribution in [3.8, 4) is 0 Å². The summed E-state index contributed by atoms with van der Waals surface area (Å²) in [7, 11) is 1.68. The Morgan fingerprint density at radius 2 is 2.22 bits per heavy atom. The quantitative estimate of drug-likeness (QED) is 0.906. The van der Waals surface area contributed by atoms with Gasteiger partial charge in [-0.05, 0) is 24.0 Å². The van der Waals surface area contributed by atoms with Crippen LogP contribution in [0.2, 0.25) is 0 Å². The first-order chi connectivity index (χ1) is 13.0. The van der Waals surface area contributed by atoms with E-state index < -0.39 is 0 Å². The molecule has 0 saturated carbocycles. The lowest BCUT2D eigenvalue weighted by molar-refractivity contribution is -0.120. The van der Waals surface area contributed by atoms with E-state index in [2.05, 4.69) is 40.4 Å². The highest BCUT2D eigenvalue weighted by Gasteiger charge is 2.17. The number of hydrogen-bond acceptors (Lipinski definition) is 4. The summed E-state index contributed by atoms with van der Waals surface area (Å²) in [5, 5.41) is 2.84. The maximum absolute atomic E-state index is 12.4. The zero-order valence-electron chi connectivity index (χ0n) is 15.3. The number of hydrogen-bond donors (Lipinski definition) is 1. The van der Waals surface area contributed by atoms with Gasteiger partial charge in [0.25, 0.3) is 5.56 Å². The molecule has 1 aliphatic carbocycles. The molecule has 1 unspecified atom stereocenters. The molecule has 0 aromatic carbocycles. The maximum atomic E-state index is 12.4. The van der Waals surface area contributed by atoms with E-state index in [1.807, 2.05) is 6.08 Å². The number of aryl methyl sites for hydroxylation is 1. The fourth-order valence-electron chi connectivity index (χ4n) is 3.25. The minimum absolute atomic E-state index is 0.0181. The largest absolute Gasteiger partial charge is 0.317 e. The van der Waals surface area contributed by atoms with Gasteiger partial charge in [0.2, 0.25) is 5.91 Å². The van der Waals surface area contributed by atoms with Crippen molar-refractivity contribution in [2.24, 2.45) is 18.0 Å². The van der Waals surface area contributed by atoms with Gasteiger partial charge in [-0.2, -0.15) is 0 Å². The van der Waals surface area contributed by atoms with Crippen LogP contribution in [0.3, 0.4) is 0 Å². The third-order valence-electron chi connectivity index (χ3n) is 4.80. The van der Waals surface area contributed by atoms with E-state index >= 15 is 0 Å². The highest BCUT2D eigenvalue weighted by molar-refractivity contribution is 6.00. The summed E-state index contributed by atoms with van der Waals surface area (Å²) in [6.45, 7) is 2.19. The van der Waals surface area contributed by atoms with Crippen molar-refractivity contribution >= 4 is 22.8 Å². The molecule has 0 bridgehead atoms. The van der Waals surface area contributed by atoms with E-state index in [-0.39, 0.29) is 18.0 Å². The Bertz CT molecular complexity index is 1100. The van der Waals surface area contributed by atoms with Crippen LogP contribution in [0.4, 0.5) is 0 Å². The van der Waals surface area contributed by atoms with Crippen molar-refractivity contribution < 1.29 is 4.79 Å². The van der Waals surface area contributed by atoms with Crippen molar-refractivity contribution in [3.05, 3.63) is 64.5 Å². The Balaban J connectivity index is 1.45. The SMILES string of the molecule is CC1C=CC(C2=CCC(NC(=O)Cn3cnc4ccn(C)c(=O)c43)=N2)=CC1. The predicted molar refractivity (Wildman–Crippen MR) is 104 cm³/mol. The number of amides is 1. The highest BCUT2D eigenvalue weighted by atomic mass is 16.2. The Hall–Kier alpha value is -3.22. The first-order valence-electron chi connectivity index (χ1n) is 8.98. The van der Waals surface area contributed by atoms with Crippen LogP contribution in [0.25, 0.3) is 11.0 Å². The van der Waals surface area contributed by atoms with Gasteiger partial charge in [-0.3, -0.25) is 9.59 Å². The van der Waals surface area contributed by atoms with E-state index in [0.717, 1.165) is 17.7 Å². The number of aliphatic imine (C=N–C) groups is 1. The summed E-state index contributed by atoms with van der Waals surface area (Å²) in [4.78, 5) is 33.5. The topological polar surface area (TPSA) is 81.3 Å². The highest BCUT2D eigenvalue weighted by Crippen LogP contribution is 2.25. The molecule has 0 fully saturated rings. The second-order valence-electron chi connectivity index (χ2n) is 6.97. The van der Waals surface area contributed by atoms with Crippen molar-refractivity contribution in [2.75, 3.05) is 0 Å². The lowest BCUT2D eigenvalue weighted by Crippen LogP contribution is -2.33. The number of nitrogens with zero attached hydrogens (tertiary/aromatic N) is 4. The van der Waals surface area contributed by atoms with Crippen LogP contribution in [0.15, 0.2) is 64.0 Å². The summed E-state index contributed by atoms with van der Waals surface area (Å²) < 4.78 is 3.05. The molecular formula is C20H21N5O2. The number of allylic oxidation sites excluding steroid dienone is 3. The van der Waals surface area contributed by atoms with Crippen LogP contribution in [0.5, 0.6) is 0 Å². The average Bonchev–Trinajstić information content (AvgIpc) is 3.26. The number of amidine groups is 1. The number of nitrogens with one attached hydrogen (secondary N) is 1. The van der Waals surface area contributed by atoms with Gasteiger partial charge in [-0.15, -0.1) is 0 Å². The molecule has 2 aliphatic rings. The Kier molecular flexibility index (Phi) is 4.35. The molecule has 2 aromatic heterocycles. The second-order valence-corrected chi connectivity index (χ2v) is 6.97. The van der Waals surface area contributed by atoms with E-state index in [4.69, 9.17) is 0 Å². The van der Waals surface area contributed by atoms with Gasteiger partial charge in [-0.25, -0.2) is 9.98 Å². The summed E-state index contributed by atoms with van der Waals surface area (Å²) in [6.07, 6.45) is 13.2. The summed E-state index contributed by atoms with van der Waals surface area (Å²) in [5.74, 6) is 0.951. The average molecular weight is 363 g/mol. The maximum Gasteiger partial charge on any atom is 0.276 e. The minimum Gasteiger partial charge on any atom is -0.317 e. The number of aromatic nitrogens is 3. The van der Waals surface area contributed by atoms with Crippen LogP contribution < -0.4 is 10.9 Å². The van der Waals surface area contributed by atoms with Crippen LogP contribution in [-0.2, 0) is 18.4 Å². The van der Waals surface area contributed by atoms with Gasteiger partial charge in [0.15, 0.2) is 0 Å². The third-order valence-corrected chi connectivity index (χ3v) is 4.80. The van der Waals surface area contributed by atoms with Crippen molar-refractivity contribution in [3.63, 3.8) is 0 Å². The van der Waals surface area contributed by atoms with E-state index in [9.17, 15) is 9.59 Å². The Morgan fingerprint density at radius 1 is 1.37 bits per heavy atom. The van der Waals surface area contributed by atoms with E-state index in [1.54, 1.807) is 23.9 Å². The monoisotopic (exact) mass is 363 g/mol. The van der Waals surface area contributed by atoms with Gasteiger partial charge in [0, 0.05) is 19.7 Å². The molecule has 2 aromatic rings. The molecule has 1 N–H and O–H groups in total. The van der Waals surface area contributed by atoms with Crippen LogP contribution in [0, 0.1) is 5.92 Å². The number of pyridine rings is 1. The van der Waals surface area contributed by atoms with Crippen LogP contribution in [-0.4, -0.2) is 25.9 Å². The minimum atomic E-state index is -0.226. The Labute approximate surface area is 156 Å². The lowest BCUT2D eigenvalue weighted by atomic mass is 9.97. The lowest BCUT2D eigenvalue weighted by Gasteiger charge is -2.11. The summed E-state index contributed by atoms with van der Waals surface area (Å²) in [6, 6.07) is 1.76. The third kappa shape index (κ3) is 3.40. The smallest absolute Gasteiger partial charge is 0.276 e.